The molecule has 1 unspecified atom stereocenters. The lowest BCUT2D eigenvalue weighted by Gasteiger charge is -2.00. The molecule has 0 spiro atoms. The molecule has 0 aliphatic heterocycles. The molecule has 0 aromatic rings. The molecule has 0 aliphatic rings. The first-order valence-corrected chi connectivity index (χ1v) is 2.54. The zero-order valence-electron chi connectivity index (χ0n) is 5.66. The third kappa shape index (κ3) is 1.96. The zero-order valence-corrected chi connectivity index (χ0v) is 5.66. The Labute approximate surface area is 58.1 Å². The van der Waals surface area contributed by atoms with Crippen molar-refractivity contribution in [1.29, 1.82) is 0 Å². The van der Waals surface area contributed by atoms with Gasteiger partial charge in [-0.25, -0.2) is 4.79 Å². The minimum Gasteiger partial charge on any atom is -0.467 e. The van der Waals surface area contributed by atoms with E-state index >= 15 is 0 Å². The summed E-state index contributed by atoms with van der Waals surface area (Å²) in [7, 11) is 2.19. The van der Waals surface area contributed by atoms with Crippen LogP contribution < -0.4 is 0 Å². The molecule has 54 valence electrons. The van der Waals surface area contributed by atoms with Gasteiger partial charge in [-0.3, -0.25) is 0 Å². The molecule has 0 aromatic heterocycles. The fraction of sp³-hybridized carbons (Fsp3) is 0.500. The standard InChI is InChI=1S/C4H6BNO4/c1-10-4(8)2(6-9)3(5)7/h2H,5H2,1H3. The van der Waals surface area contributed by atoms with Crippen LogP contribution in [0.3, 0.4) is 0 Å². The van der Waals surface area contributed by atoms with Crippen molar-refractivity contribution in [2.75, 3.05) is 7.11 Å². The van der Waals surface area contributed by atoms with E-state index in [-0.39, 0.29) is 0 Å². The Morgan fingerprint density at radius 3 is 2.20 bits per heavy atom. The normalized spacial score (nSPS) is 11.7. The number of hydrogen-bond donors (Lipinski definition) is 0. The Balaban J connectivity index is 4.20. The van der Waals surface area contributed by atoms with E-state index in [4.69, 9.17) is 0 Å². The number of carbonyl (C=O) groups is 2. The molecule has 0 saturated carbocycles. The fourth-order valence-electron chi connectivity index (χ4n) is 0.395. The summed E-state index contributed by atoms with van der Waals surface area (Å²) in [5.74, 6) is -0.914. The lowest BCUT2D eigenvalue weighted by atomic mass is 9.96. The maximum atomic E-state index is 10.4. The van der Waals surface area contributed by atoms with Crippen LogP contribution in [0.2, 0.25) is 0 Å². The second kappa shape index (κ2) is 3.76. The number of esters is 1. The number of hydrogen-bond acceptors (Lipinski definition) is 5. The maximum absolute atomic E-state index is 10.4. The third-order valence-electron chi connectivity index (χ3n) is 0.915. The van der Waals surface area contributed by atoms with Gasteiger partial charge in [0.2, 0.25) is 6.04 Å². The maximum Gasteiger partial charge on any atom is 0.341 e. The second-order valence-electron chi connectivity index (χ2n) is 1.64. The van der Waals surface area contributed by atoms with Crippen LogP contribution in [0.25, 0.3) is 0 Å². The Bertz CT molecular complexity index is 169. The second-order valence-corrected chi connectivity index (χ2v) is 1.64. The highest BCUT2D eigenvalue weighted by Gasteiger charge is 2.23. The summed E-state index contributed by atoms with van der Waals surface area (Å²) in [6.45, 7) is 0. The average molecular weight is 143 g/mol. The minimum absolute atomic E-state index is 0.609. The highest BCUT2D eigenvalue weighted by molar-refractivity contribution is 6.61. The van der Waals surface area contributed by atoms with Crippen LogP contribution >= 0.6 is 0 Å². The van der Waals surface area contributed by atoms with Gasteiger partial charge in [0.15, 0.2) is 7.85 Å². The van der Waals surface area contributed by atoms with Crippen LogP contribution in [0.5, 0.6) is 0 Å². The molecule has 0 radical (unpaired) electrons. The van der Waals surface area contributed by atoms with E-state index in [9.17, 15) is 14.5 Å². The molecule has 0 rings (SSSR count). The number of rotatable bonds is 3. The average Bonchev–Trinajstić information content (AvgIpc) is 1.88. The summed E-state index contributed by atoms with van der Waals surface area (Å²) < 4.78 is 4.11. The number of carbonyl (C=O) groups excluding carboxylic acids is 2. The summed E-state index contributed by atoms with van der Waals surface area (Å²) in [6.07, 6.45) is 0. The molecule has 0 saturated heterocycles. The molecule has 5 nitrogen and oxygen atoms in total. The molecule has 0 heterocycles. The highest BCUT2D eigenvalue weighted by Crippen LogP contribution is 1.92. The zero-order chi connectivity index (χ0) is 8.15. The van der Waals surface area contributed by atoms with Crippen molar-refractivity contribution in [2.24, 2.45) is 5.18 Å². The first-order valence-electron chi connectivity index (χ1n) is 2.54. The van der Waals surface area contributed by atoms with Crippen molar-refractivity contribution in [3.05, 3.63) is 4.91 Å². The summed E-state index contributed by atoms with van der Waals surface area (Å²) in [4.78, 5) is 30.6. The van der Waals surface area contributed by atoms with Gasteiger partial charge in [0, 0.05) is 0 Å². The molecule has 0 aliphatic carbocycles. The largest absolute Gasteiger partial charge is 0.467 e. The van der Waals surface area contributed by atoms with E-state index < -0.39 is 17.7 Å². The quantitative estimate of drug-likeness (QED) is 0.207. The molecule has 0 aromatic carbocycles. The van der Waals surface area contributed by atoms with Crippen molar-refractivity contribution in [1.82, 2.24) is 0 Å². The van der Waals surface area contributed by atoms with Gasteiger partial charge >= 0.3 is 5.97 Å². The highest BCUT2D eigenvalue weighted by atomic mass is 16.5. The molecule has 0 amide bonds. The minimum atomic E-state index is -1.50. The fourth-order valence-corrected chi connectivity index (χ4v) is 0.395. The summed E-state index contributed by atoms with van der Waals surface area (Å²) in [5.41, 5.74) is -0.609. The number of nitroso groups, excluding NO2 is 1. The molecule has 0 fully saturated rings. The molecular weight excluding hydrogens is 137 g/mol. The Morgan fingerprint density at radius 2 is 2.10 bits per heavy atom. The van der Waals surface area contributed by atoms with Gasteiger partial charge in [-0.15, -0.1) is 4.91 Å². The van der Waals surface area contributed by atoms with Crippen LogP contribution in [-0.2, 0) is 14.3 Å². The predicted molar refractivity (Wildman–Crippen MR) is 35.1 cm³/mol. The van der Waals surface area contributed by atoms with Crippen LogP contribution in [-0.4, -0.2) is 32.6 Å². The SMILES string of the molecule is BC(=O)C(N=O)C(=O)OC. The molecule has 6 heteroatoms. The van der Waals surface area contributed by atoms with Gasteiger partial charge in [-0.2, -0.15) is 0 Å². The van der Waals surface area contributed by atoms with Gasteiger partial charge in [0.05, 0.1) is 7.11 Å². The van der Waals surface area contributed by atoms with Gasteiger partial charge in [-0.1, -0.05) is 0 Å². The topological polar surface area (TPSA) is 72.8 Å². The van der Waals surface area contributed by atoms with Crippen molar-refractivity contribution in [2.45, 2.75) is 6.04 Å². The van der Waals surface area contributed by atoms with E-state index in [1.54, 1.807) is 0 Å². The number of ether oxygens (including phenoxy) is 1. The van der Waals surface area contributed by atoms with Gasteiger partial charge in [0.1, 0.15) is 5.68 Å². The van der Waals surface area contributed by atoms with Crippen LogP contribution in [0.15, 0.2) is 5.18 Å². The van der Waals surface area contributed by atoms with E-state index in [2.05, 4.69) is 9.91 Å². The summed E-state index contributed by atoms with van der Waals surface area (Å²) in [5, 5.41) is 2.28. The predicted octanol–water partition coefficient (Wildman–Crippen LogP) is -1.55. The molecule has 0 N–H and O–H groups in total. The van der Waals surface area contributed by atoms with Crippen LogP contribution in [0.4, 0.5) is 0 Å². The monoisotopic (exact) mass is 143 g/mol. The van der Waals surface area contributed by atoms with Crippen LogP contribution in [0, 0.1) is 4.91 Å². The molecular formula is C4H6BNO4. The molecule has 10 heavy (non-hydrogen) atoms. The Hall–Kier alpha value is -1.20. The smallest absolute Gasteiger partial charge is 0.341 e. The van der Waals surface area contributed by atoms with Crippen molar-refractivity contribution >= 4 is 19.5 Å². The molecule has 1 atom stereocenters. The number of nitrogens with zero attached hydrogens (tertiary/aromatic N) is 1. The van der Waals surface area contributed by atoms with E-state index in [1.807, 2.05) is 0 Å². The van der Waals surface area contributed by atoms with E-state index in [1.165, 1.54) is 0 Å². The first-order chi connectivity index (χ1) is 4.63. The van der Waals surface area contributed by atoms with Gasteiger partial charge < -0.3 is 9.53 Å². The van der Waals surface area contributed by atoms with Gasteiger partial charge in [0.25, 0.3) is 0 Å². The Morgan fingerprint density at radius 1 is 1.60 bits per heavy atom. The number of methoxy groups -OCH3 is 1. The van der Waals surface area contributed by atoms with Crippen molar-refractivity contribution in [3.8, 4) is 0 Å². The lowest BCUT2D eigenvalue weighted by molar-refractivity contribution is -0.143. The van der Waals surface area contributed by atoms with E-state index in [0.717, 1.165) is 15.0 Å². The van der Waals surface area contributed by atoms with E-state index in [0.29, 0.717) is 0 Å². The van der Waals surface area contributed by atoms with Crippen molar-refractivity contribution < 1.29 is 14.3 Å². The summed E-state index contributed by atoms with van der Waals surface area (Å²) in [6, 6.07) is -1.50. The third-order valence-corrected chi connectivity index (χ3v) is 0.915. The van der Waals surface area contributed by atoms with Crippen molar-refractivity contribution in [3.63, 3.8) is 0 Å². The Kier molecular flexibility index (Phi) is 3.31. The molecule has 0 bridgehead atoms. The lowest BCUT2D eigenvalue weighted by Crippen LogP contribution is -2.28. The van der Waals surface area contributed by atoms with Gasteiger partial charge in [-0.05, 0) is 5.18 Å². The van der Waals surface area contributed by atoms with Crippen LogP contribution in [0.1, 0.15) is 0 Å². The first kappa shape index (κ1) is 8.80. The summed E-state index contributed by atoms with van der Waals surface area (Å²) >= 11 is 0.